The average molecular weight is 350 g/mol. The average Bonchev–Trinajstić information content (AvgIpc) is 2.56. The van der Waals surface area contributed by atoms with Gasteiger partial charge < -0.3 is 5.32 Å². The van der Waals surface area contributed by atoms with E-state index in [0.717, 1.165) is 6.42 Å². The molecule has 24 heavy (non-hydrogen) atoms. The lowest BCUT2D eigenvalue weighted by Gasteiger charge is -2.04. The molecular weight excluding hydrogens is 307 g/mol. The van der Waals surface area contributed by atoms with Crippen molar-refractivity contribution in [3.8, 4) is 0 Å². The first kappa shape index (κ1) is 26.2. The van der Waals surface area contributed by atoms with E-state index in [2.05, 4.69) is 18.8 Å². The molecule has 0 saturated heterocycles. The number of unbranched alkanes of at least 4 members (excludes halogenated alkanes) is 14. The Kier molecular flexibility index (Phi) is 25.1. The lowest BCUT2D eigenvalue weighted by atomic mass is 10.0. The van der Waals surface area contributed by atoms with Gasteiger partial charge in [0.25, 0.3) is 0 Å². The van der Waals surface area contributed by atoms with Crippen molar-refractivity contribution in [1.82, 2.24) is 5.32 Å². The summed E-state index contributed by atoms with van der Waals surface area (Å²) >= 11 is 0. The number of hydrogen-bond acceptors (Lipinski definition) is 1. The highest BCUT2D eigenvalue weighted by atomic mass is 24.3. The lowest BCUT2D eigenvalue weighted by Crippen LogP contribution is -2.22. The van der Waals surface area contributed by atoms with Gasteiger partial charge in [-0.15, -0.1) is 6.58 Å². The second-order valence-corrected chi connectivity index (χ2v) is 6.79. The highest BCUT2D eigenvalue weighted by Crippen LogP contribution is 2.13. The van der Waals surface area contributed by atoms with Gasteiger partial charge in [0, 0.05) is 13.0 Å². The van der Waals surface area contributed by atoms with Gasteiger partial charge in [0.1, 0.15) is 0 Å². The Morgan fingerprint density at radius 3 is 1.50 bits per heavy atom. The molecule has 1 amide bonds. The van der Waals surface area contributed by atoms with Crippen LogP contribution in [0, 0.1) is 0 Å². The molecule has 0 bridgehead atoms. The third-order valence-electron chi connectivity index (χ3n) is 4.45. The van der Waals surface area contributed by atoms with Gasteiger partial charge in [-0.2, -0.15) is 0 Å². The van der Waals surface area contributed by atoms with E-state index >= 15 is 0 Å². The molecule has 0 aromatic carbocycles. The van der Waals surface area contributed by atoms with Gasteiger partial charge in [0.15, 0.2) is 0 Å². The van der Waals surface area contributed by atoms with Gasteiger partial charge in [-0.25, -0.2) is 0 Å². The Bertz CT molecular complexity index is 269. The topological polar surface area (TPSA) is 29.1 Å². The van der Waals surface area contributed by atoms with Gasteiger partial charge in [-0.05, 0) is 6.42 Å². The van der Waals surface area contributed by atoms with E-state index < -0.39 is 0 Å². The van der Waals surface area contributed by atoms with Gasteiger partial charge in [-0.3, -0.25) is 4.79 Å². The molecule has 0 heterocycles. The van der Waals surface area contributed by atoms with E-state index in [1.54, 1.807) is 6.08 Å². The third-order valence-corrected chi connectivity index (χ3v) is 4.45. The molecule has 0 radical (unpaired) electrons. The molecule has 0 unspecified atom stereocenters. The molecule has 3 heteroatoms. The first-order valence-electron chi connectivity index (χ1n) is 10.2. The number of rotatable bonds is 18. The highest BCUT2D eigenvalue weighted by Gasteiger charge is 1.99. The summed E-state index contributed by atoms with van der Waals surface area (Å²) in [6.07, 6.45) is 22.8. The van der Waals surface area contributed by atoms with E-state index in [1.165, 1.54) is 89.9 Å². The van der Waals surface area contributed by atoms with Crippen LogP contribution in [0.25, 0.3) is 0 Å². The van der Waals surface area contributed by atoms with E-state index in [4.69, 9.17) is 0 Å². The molecule has 140 valence electrons. The molecule has 2 nitrogen and oxygen atoms in total. The van der Waals surface area contributed by atoms with Crippen LogP contribution in [0.15, 0.2) is 12.7 Å². The van der Waals surface area contributed by atoms with Crippen molar-refractivity contribution in [2.45, 2.75) is 110 Å². The third kappa shape index (κ3) is 22.0. The Morgan fingerprint density at radius 2 is 1.12 bits per heavy atom. The van der Waals surface area contributed by atoms with Crippen LogP contribution in [0.2, 0.25) is 0 Å². The molecule has 0 aliphatic rings. The fraction of sp³-hybridized carbons (Fsp3) is 0.857. The summed E-state index contributed by atoms with van der Waals surface area (Å²) in [7, 11) is 0. The van der Waals surface area contributed by atoms with Crippen molar-refractivity contribution in [3.63, 3.8) is 0 Å². The van der Waals surface area contributed by atoms with Crippen LogP contribution < -0.4 is 5.32 Å². The fourth-order valence-electron chi connectivity index (χ4n) is 2.93. The van der Waals surface area contributed by atoms with Gasteiger partial charge in [-0.1, -0.05) is 103 Å². The minimum atomic E-state index is 0. The van der Waals surface area contributed by atoms with Crippen LogP contribution in [0.4, 0.5) is 0 Å². The molecule has 0 spiro atoms. The van der Waals surface area contributed by atoms with Gasteiger partial charge in [0.2, 0.25) is 5.91 Å². The van der Waals surface area contributed by atoms with Crippen molar-refractivity contribution < 1.29 is 4.79 Å². The maximum Gasteiger partial charge on any atom is 0.316 e. The smallest absolute Gasteiger partial charge is 0.316 e. The van der Waals surface area contributed by atoms with Crippen LogP contribution in [0.3, 0.4) is 0 Å². The first-order chi connectivity index (χ1) is 11.3. The van der Waals surface area contributed by atoms with Crippen molar-refractivity contribution in [3.05, 3.63) is 12.7 Å². The monoisotopic (exact) mass is 349 g/mol. The summed E-state index contributed by atoms with van der Waals surface area (Å²) in [5.74, 6) is 0.166. The maximum absolute atomic E-state index is 11.4. The molecule has 1 N–H and O–H groups in total. The Labute approximate surface area is 167 Å². The summed E-state index contributed by atoms with van der Waals surface area (Å²) in [6.45, 7) is 6.47. The molecule has 0 aliphatic carbocycles. The molecule has 0 aromatic rings. The van der Waals surface area contributed by atoms with Crippen LogP contribution in [-0.4, -0.2) is 35.5 Å². The molecule has 0 rings (SSSR count). The van der Waals surface area contributed by atoms with Crippen molar-refractivity contribution in [1.29, 1.82) is 0 Å². The second kappa shape index (κ2) is 23.0. The van der Waals surface area contributed by atoms with Gasteiger partial charge in [0.05, 0.1) is 0 Å². The summed E-state index contributed by atoms with van der Waals surface area (Å²) < 4.78 is 0. The number of amides is 1. The zero-order valence-electron chi connectivity index (χ0n) is 15.7. The van der Waals surface area contributed by atoms with Crippen molar-refractivity contribution in [2.24, 2.45) is 0 Å². The Hall–Kier alpha value is -0.0238. The number of nitrogens with one attached hydrogen (secondary N) is 1. The predicted molar refractivity (Wildman–Crippen MR) is 111 cm³/mol. The standard InChI is InChI=1S/C21H41NO.Mg.2H/c1-3-5-6-7-8-9-10-11-12-13-14-15-16-17-18-19-21(23)22-20-4-2;;;/h4H,2-3,5-20H2,1H3,(H,22,23);;;. The molecule has 0 aliphatic heterocycles. The van der Waals surface area contributed by atoms with Crippen LogP contribution in [0.5, 0.6) is 0 Å². The number of carbonyl (C=O) groups is 1. The normalized spacial score (nSPS) is 10.2. The minimum absolute atomic E-state index is 0. The van der Waals surface area contributed by atoms with Crippen LogP contribution >= 0.6 is 0 Å². The highest BCUT2D eigenvalue weighted by molar-refractivity contribution is 5.76. The van der Waals surface area contributed by atoms with Crippen molar-refractivity contribution >= 4 is 29.0 Å². The minimum Gasteiger partial charge on any atom is -0.353 e. The van der Waals surface area contributed by atoms with Crippen LogP contribution in [0.1, 0.15) is 110 Å². The number of hydrogen-bond donors (Lipinski definition) is 1. The molecule has 0 aromatic heterocycles. The SMILES string of the molecule is C=CCNC(=O)CCCCCCCCCCCCCCCCC.[MgH2]. The Morgan fingerprint density at radius 1 is 0.750 bits per heavy atom. The zero-order valence-corrected chi connectivity index (χ0v) is 15.7. The van der Waals surface area contributed by atoms with Crippen LogP contribution in [-0.2, 0) is 4.79 Å². The molecular formula is C21H43MgNO. The lowest BCUT2D eigenvalue weighted by molar-refractivity contribution is -0.121. The predicted octanol–water partition coefficient (Wildman–Crippen LogP) is 5.63. The summed E-state index contributed by atoms with van der Waals surface area (Å²) in [5, 5.41) is 2.82. The quantitative estimate of drug-likeness (QED) is 0.194. The zero-order chi connectivity index (χ0) is 17.0. The fourth-order valence-corrected chi connectivity index (χ4v) is 2.93. The maximum atomic E-state index is 11.4. The molecule has 0 atom stereocenters. The number of carbonyl (C=O) groups excluding carboxylic acids is 1. The van der Waals surface area contributed by atoms with E-state index in [0.29, 0.717) is 13.0 Å². The molecule has 0 fully saturated rings. The Balaban J connectivity index is 0. The largest absolute Gasteiger partial charge is 0.353 e. The first-order valence-corrected chi connectivity index (χ1v) is 10.2. The van der Waals surface area contributed by atoms with Crippen molar-refractivity contribution in [2.75, 3.05) is 6.54 Å². The molecule has 0 saturated carbocycles. The van der Waals surface area contributed by atoms with E-state index in [-0.39, 0.29) is 29.0 Å². The van der Waals surface area contributed by atoms with Gasteiger partial charge >= 0.3 is 23.1 Å². The summed E-state index contributed by atoms with van der Waals surface area (Å²) in [6, 6.07) is 0. The van der Waals surface area contributed by atoms with E-state index in [1.807, 2.05) is 0 Å². The van der Waals surface area contributed by atoms with E-state index in [9.17, 15) is 4.79 Å². The second-order valence-electron chi connectivity index (χ2n) is 6.79. The summed E-state index contributed by atoms with van der Waals surface area (Å²) in [4.78, 5) is 11.4. The summed E-state index contributed by atoms with van der Waals surface area (Å²) in [5.41, 5.74) is 0.